The lowest BCUT2D eigenvalue weighted by molar-refractivity contribution is 0.834. The van der Waals surface area contributed by atoms with Gasteiger partial charge in [0.1, 0.15) is 0 Å². The maximum Gasteiger partial charge on any atom is -0.00741 e. The van der Waals surface area contributed by atoms with Crippen LogP contribution >= 0.6 is 0 Å². The van der Waals surface area contributed by atoms with Crippen molar-refractivity contribution in [3.8, 4) is 11.1 Å². The molecule has 0 unspecified atom stereocenters. The molecule has 0 bridgehead atoms. The molecule has 17 heavy (non-hydrogen) atoms. The minimum Gasteiger partial charge on any atom is -0.330 e. The molecule has 0 atom stereocenters. The number of hydrogen-bond donors (Lipinski definition) is 1. The zero-order valence-electron chi connectivity index (χ0n) is 10.3. The molecule has 0 heterocycles. The molecule has 2 aromatic rings. The lowest BCUT2D eigenvalue weighted by Gasteiger charge is -2.09. The normalized spacial score (nSPS) is 10.5. The Morgan fingerprint density at radius 2 is 1.65 bits per heavy atom. The van der Waals surface area contributed by atoms with E-state index in [9.17, 15) is 0 Å². The van der Waals surface area contributed by atoms with Gasteiger partial charge in [0.05, 0.1) is 0 Å². The first-order valence-corrected chi connectivity index (χ1v) is 6.16. The van der Waals surface area contributed by atoms with Crippen molar-refractivity contribution in [2.45, 2.75) is 19.8 Å². The maximum absolute atomic E-state index is 5.58. The standard InChI is InChI=1S/C16H19N/c1-13-8-10-15(11-9-13)16-7-3-2-5-14(16)6-4-12-17/h2-3,5,7-11H,4,6,12,17H2,1H3. The summed E-state index contributed by atoms with van der Waals surface area (Å²) in [6.45, 7) is 2.87. The van der Waals surface area contributed by atoms with Crippen molar-refractivity contribution in [2.75, 3.05) is 6.54 Å². The average molecular weight is 225 g/mol. The zero-order valence-corrected chi connectivity index (χ0v) is 10.3. The van der Waals surface area contributed by atoms with Crippen molar-refractivity contribution in [3.63, 3.8) is 0 Å². The maximum atomic E-state index is 5.58. The highest BCUT2D eigenvalue weighted by molar-refractivity contribution is 5.67. The molecule has 0 spiro atoms. The van der Waals surface area contributed by atoms with Gasteiger partial charge in [-0.05, 0) is 43.0 Å². The molecule has 88 valence electrons. The van der Waals surface area contributed by atoms with E-state index in [0.29, 0.717) is 0 Å². The first-order valence-electron chi connectivity index (χ1n) is 6.16. The van der Waals surface area contributed by atoms with Crippen LogP contribution in [0.15, 0.2) is 48.5 Å². The second-order valence-corrected chi connectivity index (χ2v) is 4.42. The first-order chi connectivity index (χ1) is 8.31. The smallest absolute Gasteiger partial charge is 0.00741 e. The van der Waals surface area contributed by atoms with Crippen molar-refractivity contribution < 1.29 is 0 Å². The lowest BCUT2D eigenvalue weighted by atomic mass is 9.96. The van der Waals surface area contributed by atoms with E-state index in [1.54, 1.807) is 0 Å². The second kappa shape index (κ2) is 5.65. The summed E-state index contributed by atoms with van der Waals surface area (Å²) < 4.78 is 0. The van der Waals surface area contributed by atoms with E-state index in [1.165, 1.54) is 22.3 Å². The molecule has 0 aliphatic heterocycles. The molecule has 0 fully saturated rings. The molecule has 2 rings (SSSR count). The molecule has 1 heteroatoms. The Morgan fingerprint density at radius 3 is 2.35 bits per heavy atom. The van der Waals surface area contributed by atoms with E-state index < -0.39 is 0 Å². The van der Waals surface area contributed by atoms with Crippen molar-refractivity contribution in [1.82, 2.24) is 0 Å². The van der Waals surface area contributed by atoms with Gasteiger partial charge in [0.25, 0.3) is 0 Å². The van der Waals surface area contributed by atoms with Crippen molar-refractivity contribution >= 4 is 0 Å². The van der Waals surface area contributed by atoms with Gasteiger partial charge in [-0.15, -0.1) is 0 Å². The Hall–Kier alpha value is -1.60. The van der Waals surface area contributed by atoms with Crippen LogP contribution in [-0.2, 0) is 6.42 Å². The molecule has 2 N–H and O–H groups in total. The Balaban J connectivity index is 2.33. The van der Waals surface area contributed by atoms with Gasteiger partial charge >= 0.3 is 0 Å². The first kappa shape index (κ1) is 11.9. The molecule has 0 aliphatic carbocycles. The monoisotopic (exact) mass is 225 g/mol. The van der Waals surface area contributed by atoms with Crippen LogP contribution in [0, 0.1) is 6.92 Å². The Bertz CT molecular complexity index is 471. The van der Waals surface area contributed by atoms with E-state index >= 15 is 0 Å². The molecule has 0 aliphatic rings. The molecule has 0 saturated carbocycles. The number of aryl methyl sites for hydroxylation is 2. The quantitative estimate of drug-likeness (QED) is 0.846. The molecule has 1 nitrogen and oxygen atoms in total. The van der Waals surface area contributed by atoms with Crippen molar-refractivity contribution in [1.29, 1.82) is 0 Å². The summed E-state index contributed by atoms with van der Waals surface area (Å²) in [6, 6.07) is 17.3. The summed E-state index contributed by atoms with van der Waals surface area (Å²) in [5, 5.41) is 0. The van der Waals surface area contributed by atoms with Gasteiger partial charge in [0.15, 0.2) is 0 Å². The van der Waals surface area contributed by atoms with E-state index in [1.807, 2.05) is 0 Å². The fourth-order valence-electron chi connectivity index (χ4n) is 2.05. The number of benzene rings is 2. The second-order valence-electron chi connectivity index (χ2n) is 4.42. The predicted molar refractivity (Wildman–Crippen MR) is 74.0 cm³/mol. The minimum absolute atomic E-state index is 0.752. The number of rotatable bonds is 4. The Kier molecular flexibility index (Phi) is 3.94. The summed E-state index contributed by atoms with van der Waals surface area (Å²) in [5.41, 5.74) is 10.9. The molecule has 2 aromatic carbocycles. The fraction of sp³-hybridized carbons (Fsp3) is 0.250. The summed E-state index contributed by atoms with van der Waals surface area (Å²) in [5.74, 6) is 0. The fourth-order valence-corrected chi connectivity index (χ4v) is 2.05. The SMILES string of the molecule is Cc1ccc(-c2ccccc2CCCN)cc1. The third-order valence-electron chi connectivity index (χ3n) is 3.03. The molecular formula is C16H19N. The van der Waals surface area contributed by atoms with Gasteiger partial charge in [0, 0.05) is 0 Å². The van der Waals surface area contributed by atoms with Crippen LogP contribution in [0.5, 0.6) is 0 Å². The van der Waals surface area contributed by atoms with Crippen LogP contribution in [0.3, 0.4) is 0 Å². The van der Waals surface area contributed by atoms with Crippen molar-refractivity contribution in [3.05, 3.63) is 59.7 Å². The minimum atomic E-state index is 0.752. The third kappa shape index (κ3) is 2.95. The Labute approximate surface area is 103 Å². The van der Waals surface area contributed by atoms with Crippen molar-refractivity contribution in [2.24, 2.45) is 5.73 Å². The molecular weight excluding hydrogens is 206 g/mol. The van der Waals surface area contributed by atoms with Gasteiger partial charge < -0.3 is 5.73 Å². The third-order valence-corrected chi connectivity index (χ3v) is 3.03. The van der Waals surface area contributed by atoms with Gasteiger partial charge in [-0.1, -0.05) is 54.1 Å². The average Bonchev–Trinajstić information content (AvgIpc) is 2.38. The van der Waals surface area contributed by atoms with Crippen LogP contribution in [-0.4, -0.2) is 6.54 Å². The van der Waals surface area contributed by atoms with Gasteiger partial charge in [-0.2, -0.15) is 0 Å². The van der Waals surface area contributed by atoms with Gasteiger partial charge in [-0.25, -0.2) is 0 Å². The lowest BCUT2D eigenvalue weighted by Crippen LogP contribution is -2.01. The topological polar surface area (TPSA) is 26.0 Å². The summed E-state index contributed by atoms with van der Waals surface area (Å²) in [6.07, 6.45) is 2.10. The molecule has 0 amide bonds. The highest BCUT2D eigenvalue weighted by Gasteiger charge is 2.03. The van der Waals surface area contributed by atoms with E-state index in [2.05, 4.69) is 55.5 Å². The summed E-state index contributed by atoms with van der Waals surface area (Å²) in [7, 11) is 0. The highest BCUT2D eigenvalue weighted by Crippen LogP contribution is 2.24. The van der Waals surface area contributed by atoms with Crippen LogP contribution in [0.2, 0.25) is 0 Å². The summed E-state index contributed by atoms with van der Waals surface area (Å²) in [4.78, 5) is 0. The van der Waals surface area contributed by atoms with Crippen LogP contribution in [0.25, 0.3) is 11.1 Å². The van der Waals surface area contributed by atoms with Gasteiger partial charge in [-0.3, -0.25) is 0 Å². The number of hydrogen-bond acceptors (Lipinski definition) is 1. The zero-order chi connectivity index (χ0) is 12.1. The molecule has 0 saturated heterocycles. The van der Waals surface area contributed by atoms with E-state index in [0.717, 1.165) is 19.4 Å². The van der Waals surface area contributed by atoms with Crippen LogP contribution < -0.4 is 5.73 Å². The van der Waals surface area contributed by atoms with E-state index in [-0.39, 0.29) is 0 Å². The van der Waals surface area contributed by atoms with Crippen LogP contribution in [0.4, 0.5) is 0 Å². The Morgan fingerprint density at radius 1 is 0.941 bits per heavy atom. The van der Waals surface area contributed by atoms with Gasteiger partial charge in [0.2, 0.25) is 0 Å². The van der Waals surface area contributed by atoms with Crippen LogP contribution in [0.1, 0.15) is 17.5 Å². The molecule has 0 radical (unpaired) electrons. The largest absolute Gasteiger partial charge is 0.330 e. The van der Waals surface area contributed by atoms with E-state index in [4.69, 9.17) is 5.73 Å². The number of nitrogens with two attached hydrogens (primary N) is 1. The predicted octanol–water partition coefficient (Wildman–Crippen LogP) is 3.55. The molecule has 0 aromatic heterocycles. The highest BCUT2D eigenvalue weighted by atomic mass is 14.5. The summed E-state index contributed by atoms with van der Waals surface area (Å²) >= 11 is 0.